The standard InChI is InChI=1S/C28H38N2O3/c1-4-26(28(32)29-24-12-7-8-13-24)30(20-23-11-6-5-10-22(23)3)27(31)14-9-19-33-25-17-15-21(2)16-18-25/h5-6,10-11,15-18,24,26H,4,7-9,12-14,19-20H2,1-3H3,(H,29,32)/t26-/m1/s1. The van der Waals surface area contributed by atoms with E-state index in [0.29, 0.717) is 32.4 Å². The summed E-state index contributed by atoms with van der Waals surface area (Å²) in [7, 11) is 0. The Morgan fingerprint density at radius 1 is 1.06 bits per heavy atom. The fraction of sp³-hybridized carbons (Fsp3) is 0.500. The molecule has 0 aliphatic heterocycles. The Balaban J connectivity index is 1.65. The van der Waals surface area contributed by atoms with Crippen LogP contribution < -0.4 is 10.1 Å². The van der Waals surface area contributed by atoms with Crippen LogP contribution in [0.1, 0.15) is 68.6 Å². The number of carbonyl (C=O) groups is 2. The first-order valence-electron chi connectivity index (χ1n) is 12.3. The Kier molecular flexibility index (Phi) is 9.35. The molecule has 1 fully saturated rings. The van der Waals surface area contributed by atoms with Crippen molar-refractivity contribution < 1.29 is 14.3 Å². The average molecular weight is 451 g/mol. The van der Waals surface area contributed by atoms with Gasteiger partial charge in [-0.25, -0.2) is 0 Å². The molecule has 33 heavy (non-hydrogen) atoms. The van der Waals surface area contributed by atoms with Crippen LogP contribution in [0.15, 0.2) is 48.5 Å². The van der Waals surface area contributed by atoms with E-state index in [9.17, 15) is 9.59 Å². The summed E-state index contributed by atoms with van der Waals surface area (Å²) in [6.45, 7) is 6.99. The predicted molar refractivity (Wildman–Crippen MR) is 132 cm³/mol. The lowest BCUT2D eigenvalue weighted by Gasteiger charge is -2.32. The minimum absolute atomic E-state index is 0.000758. The van der Waals surface area contributed by atoms with Crippen molar-refractivity contribution in [2.24, 2.45) is 0 Å². The van der Waals surface area contributed by atoms with E-state index in [-0.39, 0.29) is 17.9 Å². The molecule has 0 saturated heterocycles. The maximum absolute atomic E-state index is 13.3. The fourth-order valence-electron chi connectivity index (χ4n) is 4.45. The molecule has 5 nitrogen and oxygen atoms in total. The van der Waals surface area contributed by atoms with Gasteiger partial charge in [0.25, 0.3) is 0 Å². The first-order valence-corrected chi connectivity index (χ1v) is 12.3. The largest absolute Gasteiger partial charge is 0.494 e. The number of carbonyl (C=O) groups excluding carboxylic acids is 2. The highest BCUT2D eigenvalue weighted by molar-refractivity contribution is 5.87. The number of benzene rings is 2. The van der Waals surface area contributed by atoms with Gasteiger partial charge in [0.05, 0.1) is 6.61 Å². The van der Waals surface area contributed by atoms with Gasteiger partial charge in [-0.3, -0.25) is 9.59 Å². The van der Waals surface area contributed by atoms with Crippen LogP contribution in [-0.2, 0) is 16.1 Å². The summed E-state index contributed by atoms with van der Waals surface area (Å²) >= 11 is 0. The van der Waals surface area contributed by atoms with Crippen LogP contribution in [0, 0.1) is 13.8 Å². The maximum atomic E-state index is 13.3. The van der Waals surface area contributed by atoms with Gasteiger partial charge in [-0.2, -0.15) is 0 Å². The summed E-state index contributed by atoms with van der Waals surface area (Å²) in [5.74, 6) is 0.786. The summed E-state index contributed by atoms with van der Waals surface area (Å²) in [6, 6.07) is 15.8. The van der Waals surface area contributed by atoms with Gasteiger partial charge in [0.15, 0.2) is 0 Å². The minimum atomic E-state index is -0.462. The van der Waals surface area contributed by atoms with Crippen molar-refractivity contribution in [2.75, 3.05) is 6.61 Å². The second-order valence-corrected chi connectivity index (χ2v) is 9.13. The van der Waals surface area contributed by atoms with Gasteiger partial charge >= 0.3 is 0 Å². The number of aryl methyl sites for hydroxylation is 2. The van der Waals surface area contributed by atoms with E-state index in [1.165, 1.54) is 5.56 Å². The monoisotopic (exact) mass is 450 g/mol. The van der Waals surface area contributed by atoms with Crippen molar-refractivity contribution in [2.45, 2.75) is 84.3 Å². The number of ether oxygens (including phenoxy) is 1. The lowest BCUT2D eigenvalue weighted by molar-refractivity contribution is -0.141. The van der Waals surface area contributed by atoms with E-state index in [1.54, 1.807) is 4.90 Å². The van der Waals surface area contributed by atoms with Crippen LogP contribution in [-0.4, -0.2) is 35.4 Å². The SMILES string of the molecule is CC[C@H](C(=O)NC1CCCC1)N(Cc1ccccc1C)C(=O)CCCOc1ccc(C)cc1. The molecule has 178 valence electrons. The van der Waals surface area contributed by atoms with Crippen molar-refractivity contribution >= 4 is 11.8 Å². The summed E-state index contributed by atoms with van der Waals surface area (Å²) in [5.41, 5.74) is 3.39. The Hall–Kier alpha value is -2.82. The molecule has 5 heteroatoms. The van der Waals surface area contributed by atoms with Crippen LogP contribution in [0.3, 0.4) is 0 Å². The van der Waals surface area contributed by atoms with Gasteiger partial charge in [-0.05, 0) is 62.8 Å². The highest BCUT2D eigenvalue weighted by atomic mass is 16.5. The number of rotatable bonds is 11. The molecule has 0 radical (unpaired) electrons. The topological polar surface area (TPSA) is 58.6 Å². The molecule has 0 unspecified atom stereocenters. The Morgan fingerprint density at radius 2 is 1.76 bits per heavy atom. The average Bonchev–Trinajstić information content (AvgIpc) is 3.32. The second kappa shape index (κ2) is 12.4. The van der Waals surface area contributed by atoms with E-state index in [4.69, 9.17) is 4.74 Å². The minimum Gasteiger partial charge on any atom is -0.494 e. The number of nitrogens with one attached hydrogen (secondary N) is 1. The van der Waals surface area contributed by atoms with Gasteiger partial charge in [0.2, 0.25) is 11.8 Å². The van der Waals surface area contributed by atoms with E-state index >= 15 is 0 Å². The first-order chi connectivity index (χ1) is 16.0. The Bertz CT molecular complexity index is 904. The predicted octanol–water partition coefficient (Wildman–Crippen LogP) is 5.33. The summed E-state index contributed by atoms with van der Waals surface area (Å²) in [5, 5.41) is 3.20. The van der Waals surface area contributed by atoms with Crippen molar-refractivity contribution in [3.8, 4) is 5.75 Å². The zero-order valence-electron chi connectivity index (χ0n) is 20.3. The normalized spacial score (nSPS) is 14.6. The second-order valence-electron chi connectivity index (χ2n) is 9.13. The van der Waals surface area contributed by atoms with Gasteiger partial charge < -0.3 is 15.0 Å². The van der Waals surface area contributed by atoms with Crippen molar-refractivity contribution in [1.82, 2.24) is 10.2 Å². The first kappa shape index (κ1) is 24.8. The van der Waals surface area contributed by atoms with Gasteiger partial charge in [0.1, 0.15) is 11.8 Å². The zero-order valence-corrected chi connectivity index (χ0v) is 20.3. The van der Waals surface area contributed by atoms with Crippen LogP contribution in [0.4, 0.5) is 0 Å². The fourth-order valence-corrected chi connectivity index (χ4v) is 4.45. The number of hydrogen-bond donors (Lipinski definition) is 1. The van der Waals surface area contributed by atoms with Crippen molar-refractivity contribution in [3.63, 3.8) is 0 Å². The maximum Gasteiger partial charge on any atom is 0.243 e. The van der Waals surface area contributed by atoms with Crippen LogP contribution in [0.25, 0.3) is 0 Å². The summed E-state index contributed by atoms with van der Waals surface area (Å²) in [6.07, 6.45) is 5.94. The zero-order chi connectivity index (χ0) is 23.6. The smallest absolute Gasteiger partial charge is 0.243 e. The third kappa shape index (κ3) is 7.34. The molecule has 0 aromatic heterocycles. The lowest BCUT2D eigenvalue weighted by Crippen LogP contribution is -2.51. The molecule has 1 atom stereocenters. The number of hydrogen-bond acceptors (Lipinski definition) is 3. The highest BCUT2D eigenvalue weighted by Crippen LogP contribution is 2.21. The molecule has 3 rings (SSSR count). The molecule has 2 aromatic rings. The number of nitrogens with zero attached hydrogens (tertiary/aromatic N) is 1. The van der Waals surface area contributed by atoms with Crippen molar-refractivity contribution in [1.29, 1.82) is 0 Å². The van der Waals surface area contributed by atoms with Crippen molar-refractivity contribution in [3.05, 3.63) is 65.2 Å². The molecule has 0 bridgehead atoms. The molecular formula is C28H38N2O3. The molecular weight excluding hydrogens is 412 g/mol. The molecule has 1 saturated carbocycles. The summed E-state index contributed by atoms with van der Waals surface area (Å²) < 4.78 is 5.80. The van der Waals surface area contributed by atoms with Crippen LogP contribution in [0.5, 0.6) is 5.75 Å². The molecule has 0 spiro atoms. The quantitative estimate of drug-likeness (QED) is 0.471. The van der Waals surface area contributed by atoms with E-state index in [0.717, 1.165) is 42.6 Å². The highest BCUT2D eigenvalue weighted by Gasteiger charge is 2.30. The van der Waals surface area contributed by atoms with E-state index < -0.39 is 6.04 Å². The van der Waals surface area contributed by atoms with Gasteiger partial charge in [0, 0.05) is 19.0 Å². The lowest BCUT2D eigenvalue weighted by atomic mass is 10.0. The summed E-state index contributed by atoms with van der Waals surface area (Å²) in [4.78, 5) is 28.3. The van der Waals surface area contributed by atoms with Gasteiger partial charge in [-0.1, -0.05) is 61.7 Å². The third-order valence-corrected chi connectivity index (χ3v) is 6.51. The molecule has 0 heterocycles. The Morgan fingerprint density at radius 3 is 2.42 bits per heavy atom. The molecule has 1 aliphatic rings. The Labute approximate surface area is 198 Å². The number of amides is 2. The van der Waals surface area contributed by atoms with E-state index in [2.05, 4.69) is 5.32 Å². The molecule has 2 aromatic carbocycles. The van der Waals surface area contributed by atoms with Crippen LogP contribution in [0.2, 0.25) is 0 Å². The third-order valence-electron chi connectivity index (χ3n) is 6.51. The van der Waals surface area contributed by atoms with Crippen LogP contribution >= 0.6 is 0 Å². The molecule has 1 aliphatic carbocycles. The van der Waals surface area contributed by atoms with Gasteiger partial charge in [-0.15, -0.1) is 0 Å². The van der Waals surface area contributed by atoms with E-state index in [1.807, 2.05) is 69.3 Å². The molecule has 2 amide bonds. The molecule has 1 N–H and O–H groups in total.